The molecule has 1 heterocycles. The molecule has 11 nitrogen and oxygen atoms in total. The van der Waals surface area contributed by atoms with E-state index in [0.717, 1.165) is 6.07 Å². The van der Waals surface area contributed by atoms with E-state index in [1.54, 1.807) is 6.07 Å². The van der Waals surface area contributed by atoms with E-state index in [0.29, 0.717) is 30.0 Å². The second-order valence-electron chi connectivity index (χ2n) is 9.06. The van der Waals surface area contributed by atoms with Crippen molar-refractivity contribution in [1.82, 2.24) is 15.2 Å². The molecular formula is C27H32F3N4O7P. The summed E-state index contributed by atoms with van der Waals surface area (Å²) in [6, 6.07) is 8.02. The number of rotatable bonds is 14. The lowest BCUT2D eigenvalue weighted by atomic mass is 10.1. The molecule has 15 heteroatoms. The lowest BCUT2D eigenvalue weighted by Crippen LogP contribution is -2.46. The molecule has 0 spiro atoms. The van der Waals surface area contributed by atoms with E-state index in [1.165, 1.54) is 62.7 Å². The Morgan fingerprint density at radius 3 is 2.55 bits per heavy atom. The normalized spacial score (nSPS) is 12.1. The second-order valence-corrected chi connectivity index (χ2v) is 10.9. The quantitative estimate of drug-likeness (QED) is 0.168. The van der Waals surface area contributed by atoms with Crippen molar-refractivity contribution < 1.29 is 45.6 Å². The van der Waals surface area contributed by atoms with E-state index in [9.17, 15) is 27.3 Å². The van der Waals surface area contributed by atoms with Gasteiger partial charge in [-0.2, -0.15) is 0 Å². The fraction of sp³-hybridized carbons (Fsp3) is 0.370. The second kappa shape index (κ2) is 15.5. The molecule has 42 heavy (non-hydrogen) atoms. The third-order valence-electron chi connectivity index (χ3n) is 6.28. The molecule has 0 aliphatic heterocycles. The van der Waals surface area contributed by atoms with Gasteiger partial charge in [-0.3, -0.25) is 18.9 Å². The highest BCUT2D eigenvalue weighted by Gasteiger charge is 2.24. The van der Waals surface area contributed by atoms with Gasteiger partial charge in [0, 0.05) is 45.0 Å². The highest BCUT2D eigenvalue weighted by atomic mass is 31.2. The van der Waals surface area contributed by atoms with Gasteiger partial charge < -0.3 is 15.0 Å². The SMILES string of the molecule is COP(=O)(OC)OCCCC[C@@H](COC(=O)Nc1cc2cc(F)ccc2cn1)N(C)C(=O)NCc1cccc(F)c1F. The Morgan fingerprint density at radius 2 is 1.81 bits per heavy atom. The summed E-state index contributed by atoms with van der Waals surface area (Å²) in [5.74, 6) is -2.40. The summed E-state index contributed by atoms with van der Waals surface area (Å²) in [5.41, 5.74) is -0.0374. The third kappa shape index (κ3) is 9.41. The number of unbranched alkanes of at least 4 members (excludes halogenated alkanes) is 1. The number of fused-ring (bicyclic) bond motifs is 1. The van der Waals surface area contributed by atoms with Crippen LogP contribution < -0.4 is 10.6 Å². The van der Waals surface area contributed by atoms with Gasteiger partial charge in [0.05, 0.1) is 12.6 Å². The summed E-state index contributed by atoms with van der Waals surface area (Å²) >= 11 is 0. The van der Waals surface area contributed by atoms with Gasteiger partial charge in [-0.15, -0.1) is 0 Å². The molecule has 0 aliphatic carbocycles. The van der Waals surface area contributed by atoms with Crippen LogP contribution in [0.5, 0.6) is 0 Å². The maximum atomic E-state index is 14.0. The van der Waals surface area contributed by atoms with Crippen molar-refractivity contribution in [3.63, 3.8) is 0 Å². The van der Waals surface area contributed by atoms with E-state index in [4.69, 9.17) is 18.3 Å². The van der Waals surface area contributed by atoms with Gasteiger partial charge in [0.1, 0.15) is 18.2 Å². The number of likely N-dealkylation sites (N-methyl/N-ethyl adjacent to an activating group) is 1. The fourth-order valence-corrected chi connectivity index (χ4v) is 4.58. The predicted molar refractivity (Wildman–Crippen MR) is 148 cm³/mol. The number of anilines is 1. The number of benzene rings is 2. The van der Waals surface area contributed by atoms with E-state index in [2.05, 4.69) is 15.6 Å². The first-order valence-electron chi connectivity index (χ1n) is 12.8. The topological polar surface area (TPSA) is 128 Å². The number of aromatic nitrogens is 1. The van der Waals surface area contributed by atoms with Crippen molar-refractivity contribution in [3.05, 3.63) is 71.7 Å². The summed E-state index contributed by atoms with van der Waals surface area (Å²) in [7, 11) is 0.206. The summed E-state index contributed by atoms with van der Waals surface area (Å²) < 4.78 is 73.1. The number of carbonyl (C=O) groups is 2. The average Bonchev–Trinajstić information content (AvgIpc) is 2.98. The van der Waals surface area contributed by atoms with Gasteiger partial charge in [0.25, 0.3) is 0 Å². The monoisotopic (exact) mass is 612 g/mol. The van der Waals surface area contributed by atoms with Crippen molar-refractivity contribution in [2.45, 2.75) is 31.8 Å². The van der Waals surface area contributed by atoms with Crippen LogP contribution in [0.25, 0.3) is 10.8 Å². The number of ether oxygens (including phenoxy) is 1. The number of phosphoric acid groups is 1. The highest BCUT2D eigenvalue weighted by Crippen LogP contribution is 2.47. The molecule has 3 amide bonds. The number of hydrogen-bond donors (Lipinski definition) is 2. The van der Waals surface area contributed by atoms with Gasteiger partial charge in [-0.25, -0.2) is 32.3 Å². The van der Waals surface area contributed by atoms with Crippen LogP contribution >= 0.6 is 7.82 Å². The van der Waals surface area contributed by atoms with Crippen LogP contribution in [-0.4, -0.2) is 62.5 Å². The number of nitrogens with one attached hydrogen (secondary N) is 2. The number of carbonyl (C=O) groups excluding carboxylic acids is 2. The molecule has 1 aromatic heterocycles. The van der Waals surface area contributed by atoms with Gasteiger partial charge in [-0.05, 0) is 55.0 Å². The maximum absolute atomic E-state index is 14.0. The largest absolute Gasteiger partial charge is 0.474 e. The smallest absolute Gasteiger partial charge is 0.447 e. The minimum absolute atomic E-state index is 0.0374. The van der Waals surface area contributed by atoms with Crippen molar-refractivity contribution in [2.75, 3.05) is 39.8 Å². The molecule has 0 aliphatic rings. The Hall–Kier alpha value is -3.71. The third-order valence-corrected chi connectivity index (χ3v) is 7.67. The lowest BCUT2D eigenvalue weighted by Gasteiger charge is -2.28. The molecular weight excluding hydrogens is 580 g/mol. The van der Waals surface area contributed by atoms with E-state index >= 15 is 0 Å². The highest BCUT2D eigenvalue weighted by molar-refractivity contribution is 7.48. The Kier molecular flexibility index (Phi) is 12.1. The molecule has 0 radical (unpaired) electrons. The van der Waals surface area contributed by atoms with Crippen molar-refractivity contribution in [3.8, 4) is 0 Å². The predicted octanol–water partition coefficient (Wildman–Crippen LogP) is 6.00. The van der Waals surface area contributed by atoms with Gasteiger partial charge in [-0.1, -0.05) is 12.1 Å². The van der Waals surface area contributed by atoms with Gasteiger partial charge in [0.15, 0.2) is 11.6 Å². The maximum Gasteiger partial charge on any atom is 0.474 e. The lowest BCUT2D eigenvalue weighted by molar-refractivity contribution is 0.110. The van der Waals surface area contributed by atoms with Gasteiger partial charge in [0.2, 0.25) is 0 Å². The average molecular weight is 613 g/mol. The molecule has 2 N–H and O–H groups in total. The first kappa shape index (κ1) is 32.8. The standard InChI is InChI=1S/C27H32F3N4O7P/c1-34(26(35)32-16-19-7-6-9-23(29)25(19)30)22(8-4-5-12-41-42(37,38-2)39-3)17-40-27(36)33-24-14-20-13-21(28)11-10-18(20)15-31-24/h6-7,9-11,13-15,22H,4-5,8,12,16-17H2,1-3H3,(H,32,35)(H,31,33,36)/t22-/m0/s1. The van der Waals surface area contributed by atoms with Gasteiger partial charge >= 0.3 is 19.9 Å². The number of halogens is 3. The molecule has 3 rings (SSSR count). The molecule has 0 fully saturated rings. The van der Waals surface area contributed by atoms with Crippen LogP contribution in [0.3, 0.4) is 0 Å². The molecule has 0 bridgehead atoms. The zero-order valence-corrected chi connectivity index (χ0v) is 24.2. The van der Waals surface area contributed by atoms with Crippen LogP contribution in [0, 0.1) is 17.5 Å². The van der Waals surface area contributed by atoms with Crippen LogP contribution in [0.15, 0.2) is 48.7 Å². The summed E-state index contributed by atoms with van der Waals surface area (Å²) in [5, 5.41) is 6.20. The molecule has 1 atom stereocenters. The Bertz CT molecular complexity index is 1420. The zero-order chi connectivity index (χ0) is 30.7. The van der Waals surface area contributed by atoms with Crippen LogP contribution in [0.1, 0.15) is 24.8 Å². The minimum Gasteiger partial charge on any atom is -0.447 e. The Morgan fingerprint density at radius 1 is 1.05 bits per heavy atom. The summed E-state index contributed by atoms with van der Waals surface area (Å²) in [4.78, 5) is 30.8. The number of hydrogen-bond acceptors (Lipinski definition) is 8. The molecule has 3 aromatic rings. The molecule has 2 aromatic carbocycles. The van der Waals surface area contributed by atoms with Crippen molar-refractivity contribution in [2.24, 2.45) is 0 Å². The fourth-order valence-electron chi connectivity index (χ4n) is 3.87. The summed E-state index contributed by atoms with van der Waals surface area (Å²) in [6.45, 7) is -0.468. The molecule has 0 unspecified atom stereocenters. The first-order valence-corrected chi connectivity index (χ1v) is 14.3. The van der Waals surface area contributed by atoms with E-state index in [1.807, 2.05) is 0 Å². The van der Waals surface area contributed by atoms with Crippen LogP contribution in [0.2, 0.25) is 0 Å². The van der Waals surface area contributed by atoms with Crippen LogP contribution in [0.4, 0.5) is 28.6 Å². The zero-order valence-electron chi connectivity index (χ0n) is 23.3. The van der Waals surface area contributed by atoms with Crippen LogP contribution in [-0.2, 0) is 29.4 Å². The molecule has 0 saturated heterocycles. The Labute approximate surface area is 240 Å². The molecule has 228 valence electrons. The number of amides is 3. The van der Waals surface area contributed by atoms with Crippen molar-refractivity contribution >= 4 is 36.5 Å². The van der Waals surface area contributed by atoms with E-state index in [-0.39, 0.29) is 31.1 Å². The first-order chi connectivity index (χ1) is 20.0. The number of urea groups is 1. The van der Waals surface area contributed by atoms with E-state index < -0.39 is 43.4 Å². The number of nitrogens with zero attached hydrogens (tertiary/aromatic N) is 2. The number of phosphoric ester groups is 1. The molecule has 0 saturated carbocycles. The summed E-state index contributed by atoms with van der Waals surface area (Å²) in [6.07, 6.45) is 1.80. The van der Waals surface area contributed by atoms with Crippen molar-refractivity contribution in [1.29, 1.82) is 0 Å². The Balaban J connectivity index is 1.60. The minimum atomic E-state index is -3.64. The number of pyridine rings is 1.